The van der Waals surface area contributed by atoms with Crippen LogP contribution in [-0.2, 0) is 6.42 Å². The standard InChI is InChI=1S/C20H24IN5O2/c1-11(2)8-23-4-3-13-15(26-19-18(13)24-9-25-20(19)22)5-12-6-16-17(7-14(12)21)28-10-27-16/h6-7,9,11,13,23H,3-5,8,10H2,1-2H3,(H2,22,24,25). The molecule has 1 atom stereocenters. The molecule has 0 amide bonds. The SMILES string of the molecule is CC(C)CNCCC1C(Cc2cc3c(cc2I)OCO3)=Nc2c(N)ncnc21. The first-order valence-electron chi connectivity index (χ1n) is 9.49. The lowest BCUT2D eigenvalue weighted by Gasteiger charge is -2.16. The van der Waals surface area contributed by atoms with Crippen LogP contribution < -0.4 is 20.5 Å². The van der Waals surface area contributed by atoms with Gasteiger partial charge in [-0.05, 0) is 65.7 Å². The van der Waals surface area contributed by atoms with Gasteiger partial charge in [0, 0.05) is 21.6 Å². The van der Waals surface area contributed by atoms with E-state index in [0.29, 0.717) is 11.7 Å². The maximum Gasteiger partial charge on any atom is 0.231 e. The zero-order chi connectivity index (χ0) is 19.7. The number of halogens is 1. The third-order valence-corrected chi connectivity index (χ3v) is 5.95. The van der Waals surface area contributed by atoms with E-state index in [9.17, 15) is 0 Å². The molecular weight excluding hydrogens is 469 g/mol. The third-order valence-electron chi connectivity index (χ3n) is 4.94. The van der Waals surface area contributed by atoms with Gasteiger partial charge < -0.3 is 20.5 Å². The Morgan fingerprint density at radius 1 is 1.25 bits per heavy atom. The second-order valence-electron chi connectivity index (χ2n) is 7.51. The van der Waals surface area contributed by atoms with Gasteiger partial charge in [-0.15, -0.1) is 0 Å². The van der Waals surface area contributed by atoms with Crippen molar-refractivity contribution in [3.05, 3.63) is 33.3 Å². The number of aliphatic imine (C=N–C) groups is 1. The number of anilines is 1. The van der Waals surface area contributed by atoms with Gasteiger partial charge in [-0.3, -0.25) is 4.99 Å². The highest BCUT2D eigenvalue weighted by Crippen LogP contribution is 2.41. The van der Waals surface area contributed by atoms with Crippen molar-refractivity contribution in [1.29, 1.82) is 0 Å². The fourth-order valence-corrected chi connectivity index (χ4v) is 4.18. The van der Waals surface area contributed by atoms with Crippen molar-refractivity contribution in [3.63, 3.8) is 0 Å². The normalized spacial score (nSPS) is 17.1. The molecule has 4 rings (SSSR count). The highest BCUT2D eigenvalue weighted by atomic mass is 127. The molecule has 0 aliphatic carbocycles. The highest BCUT2D eigenvalue weighted by molar-refractivity contribution is 14.1. The van der Waals surface area contributed by atoms with Gasteiger partial charge in [0.25, 0.3) is 0 Å². The number of hydrogen-bond acceptors (Lipinski definition) is 7. The van der Waals surface area contributed by atoms with Crippen LogP contribution in [0, 0.1) is 9.49 Å². The van der Waals surface area contributed by atoms with E-state index in [1.165, 1.54) is 11.9 Å². The maximum absolute atomic E-state index is 6.08. The minimum Gasteiger partial charge on any atom is -0.454 e. The lowest BCUT2D eigenvalue weighted by molar-refractivity contribution is 0.174. The van der Waals surface area contributed by atoms with Crippen LogP contribution in [0.25, 0.3) is 0 Å². The minimum absolute atomic E-state index is 0.140. The van der Waals surface area contributed by atoms with Crippen LogP contribution in [-0.4, -0.2) is 35.6 Å². The minimum atomic E-state index is 0.140. The monoisotopic (exact) mass is 493 g/mol. The summed E-state index contributed by atoms with van der Waals surface area (Å²) < 4.78 is 12.2. The zero-order valence-electron chi connectivity index (χ0n) is 16.0. The molecule has 7 nitrogen and oxygen atoms in total. The summed E-state index contributed by atoms with van der Waals surface area (Å²) in [5.41, 5.74) is 9.98. The van der Waals surface area contributed by atoms with Gasteiger partial charge in [0.1, 0.15) is 12.0 Å². The number of nitrogens with zero attached hydrogens (tertiary/aromatic N) is 3. The molecular formula is C20H24IN5O2. The van der Waals surface area contributed by atoms with Gasteiger partial charge in [0.05, 0.1) is 5.69 Å². The van der Waals surface area contributed by atoms with Gasteiger partial charge in [0.2, 0.25) is 6.79 Å². The summed E-state index contributed by atoms with van der Waals surface area (Å²) >= 11 is 2.34. The van der Waals surface area contributed by atoms with E-state index in [-0.39, 0.29) is 12.7 Å². The largest absolute Gasteiger partial charge is 0.454 e. The van der Waals surface area contributed by atoms with Crippen LogP contribution in [0.3, 0.4) is 0 Å². The van der Waals surface area contributed by atoms with Gasteiger partial charge in [-0.2, -0.15) is 0 Å². The van der Waals surface area contributed by atoms with Crippen molar-refractivity contribution in [2.75, 3.05) is 25.6 Å². The van der Waals surface area contributed by atoms with Crippen LogP contribution in [0.15, 0.2) is 23.5 Å². The number of hydrogen-bond donors (Lipinski definition) is 2. The average molecular weight is 493 g/mol. The Morgan fingerprint density at radius 3 is 2.82 bits per heavy atom. The van der Waals surface area contributed by atoms with Crippen LogP contribution >= 0.6 is 22.6 Å². The summed E-state index contributed by atoms with van der Waals surface area (Å²) in [5.74, 6) is 2.80. The second-order valence-corrected chi connectivity index (χ2v) is 8.67. The van der Waals surface area contributed by atoms with Crippen molar-refractivity contribution in [1.82, 2.24) is 15.3 Å². The first-order chi connectivity index (χ1) is 13.5. The number of rotatable bonds is 7. The predicted octanol–water partition coefficient (Wildman–Crippen LogP) is 3.44. The molecule has 2 aromatic rings. The number of aromatic nitrogens is 2. The molecule has 3 heterocycles. The van der Waals surface area contributed by atoms with Crippen LogP contribution in [0.2, 0.25) is 0 Å². The number of benzene rings is 1. The van der Waals surface area contributed by atoms with E-state index in [0.717, 1.165) is 58.1 Å². The van der Waals surface area contributed by atoms with E-state index in [1.54, 1.807) is 0 Å². The Labute approximate surface area is 178 Å². The summed E-state index contributed by atoms with van der Waals surface area (Å²) in [6, 6.07) is 4.08. The summed E-state index contributed by atoms with van der Waals surface area (Å²) in [6.07, 6.45) is 3.18. The second kappa shape index (κ2) is 8.20. The lowest BCUT2D eigenvalue weighted by Crippen LogP contribution is -2.24. The molecule has 148 valence electrons. The Balaban J connectivity index is 1.57. The van der Waals surface area contributed by atoms with Crippen molar-refractivity contribution < 1.29 is 9.47 Å². The number of nitrogen functional groups attached to an aromatic ring is 1. The summed E-state index contributed by atoms with van der Waals surface area (Å²) in [6.45, 7) is 6.60. The van der Waals surface area contributed by atoms with Crippen molar-refractivity contribution >= 4 is 39.8 Å². The zero-order valence-corrected chi connectivity index (χ0v) is 18.2. The third kappa shape index (κ3) is 3.93. The average Bonchev–Trinajstić information content (AvgIpc) is 3.24. The summed E-state index contributed by atoms with van der Waals surface area (Å²) in [5, 5.41) is 3.52. The molecule has 0 saturated carbocycles. The number of ether oxygens (including phenoxy) is 2. The smallest absolute Gasteiger partial charge is 0.231 e. The molecule has 3 N–H and O–H groups in total. The molecule has 0 saturated heterocycles. The molecule has 8 heteroatoms. The number of nitrogens with one attached hydrogen (secondary N) is 1. The Kier molecular flexibility index (Phi) is 5.68. The first kappa shape index (κ1) is 19.4. The molecule has 0 radical (unpaired) electrons. The van der Waals surface area contributed by atoms with E-state index < -0.39 is 0 Å². The van der Waals surface area contributed by atoms with Crippen LogP contribution in [0.4, 0.5) is 11.5 Å². The maximum atomic E-state index is 6.08. The topological polar surface area (TPSA) is 94.6 Å². The fraction of sp³-hybridized carbons (Fsp3) is 0.450. The molecule has 2 aliphatic rings. The molecule has 0 spiro atoms. The predicted molar refractivity (Wildman–Crippen MR) is 118 cm³/mol. The van der Waals surface area contributed by atoms with Gasteiger partial charge in [-0.1, -0.05) is 13.8 Å². The van der Waals surface area contributed by atoms with Crippen LogP contribution in [0.1, 0.15) is 37.4 Å². The molecule has 1 aromatic heterocycles. The quantitative estimate of drug-likeness (QED) is 0.454. The molecule has 1 aromatic carbocycles. The Hall–Kier alpha value is -1.94. The number of nitrogens with two attached hydrogens (primary N) is 1. The Morgan fingerprint density at radius 2 is 2.04 bits per heavy atom. The summed E-state index contributed by atoms with van der Waals surface area (Å²) in [4.78, 5) is 13.5. The van der Waals surface area contributed by atoms with E-state index in [1.807, 2.05) is 6.07 Å². The Bertz CT molecular complexity index is 916. The lowest BCUT2D eigenvalue weighted by atomic mass is 9.92. The number of fused-ring (bicyclic) bond motifs is 2. The van der Waals surface area contributed by atoms with Gasteiger partial charge >= 0.3 is 0 Å². The van der Waals surface area contributed by atoms with Crippen molar-refractivity contribution in [2.45, 2.75) is 32.6 Å². The van der Waals surface area contributed by atoms with E-state index >= 15 is 0 Å². The van der Waals surface area contributed by atoms with Crippen LogP contribution in [0.5, 0.6) is 11.5 Å². The summed E-state index contributed by atoms with van der Waals surface area (Å²) in [7, 11) is 0. The molecule has 0 bridgehead atoms. The van der Waals surface area contributed by atoms with E-state index in [4.69, 9.17) is 20.2 Å². The molecule has 0 fully saturated rings. The fourth-order valence-electron chi connectivity index (χ4n) is 3.55. The first-order valence-corrected chi connectivity index (χ1v) is 10.6. The molecule has 2 aliphatic heterocycles. The highest BCUT2D eigenvalue weighted by Gasteiger charge is 2.31. The molecule has 1 unspecified atom stereocenters. The van der Waals surface area contributed by atoms with Crippen molar-refractivity contribution in [2.24, 2.45) is 10.9 Å². The van der Waals surface area contributed by atoms with E-state index in [2.05, 4.69) is 57.8 Å². The molecule has 28 heavy (non-hydrogen) atoms. The van der Waals surface area contributed by atoms with Gasteiger partial charge in [-0.25, -0.2) is 9.97 Å². The van der Waals surface area contributed by atoms with Crippen molar-refractivity contribution in [3.8, 4) is 11.5 Å². The van der Waals surface area contributed by atoms with Gasteiger partial charge in [0.15, 0.2) is 17.3 Å².